The van der Waals surface area contributed by atoms with Crippen LogP contribution in [0.15, 0.2) is 0 Å². The molecule has 1 heterocycles. The Bertz CT molecular complexity index is 146. The number of rotatable bonds is 2. The van der Waals surface area contributed by atoms with Crippen molar-refractivity contribution in [3.63, 3.8) is 0 Å². The zero-order valence-corrected chi connectivity index (χ0v) is 8.01. The minimum Gasteiger partial charge on any atom is -0.380 e. The topological polar surface area (TPSA) is 12.5 Å². The minimum atomic E-state index is 0.671. The molecule has 1 aliphatic heterocycles. The summed E-state index contributed by atoms with van der Waals surface area (Å²) in [6, 6.07) is 0. The van der Waals surface area contributed by atoms with Crippen LogP contribution in [0.4, 0.5) is 0 Å². The average Bonchev–Trinajstić information content (AvgIpc) is 2.78. The number of hydrogen-bond acceptors (Lipinski definition) is 2. The van der Waals surface area contributed by atoms with Crippen LogP contribution in [-0.2, 0) is 4.74 Å². The van der Waals surface area contributed by atoms with Crippen LogP contribution in [-0.4, -0.2) is 37.7 Å². The predicted molar refractivity (Wildman–Crippen MR) is 49.2 cm³/mol. The Kier molecular flexibility index (Phi) is 2.37. The highest BCUT2D eigenvalue weighted by Gasteiger charge is 2.38. The summed E-state index contributed by atoms with van der Waals surface area (Å²) in [7, 11) is 0. The van der Waals surface area contributed by atoms with E-state index in [1.54, 1.807) is 0 Å². The molecule has 0 amide bonds. The van der Waals surface area contributed by atoms with Gasteiger partial charge in [-0.25, -0.2) is 0 Å². The smallest absolute Gasteiger partial charge is 0.0593 e. The fraction of sp³-hybridized carbons (Fsp3) is 1.00. The number of nitrogens with zero attached hydrogens (tertiary/aromatic N) is 1. The fourth-order valence-electron chi connectivity index (χ4n) is 1.87. The second-order valence-corrected chi connectivity index (χ2v) is 4.55. The van der Waals surface area contributed by atoms with Gasteiger partial charge in [0.1, 0.15) is 0 Å². The van der Waals surface area contributed by atoms with Crippen LogP contribution in [0.25, 0.3) is 0 Å². The van der Waals surface area contributed by atoms with Gasteiger partial charge in [-0.2, -0.15) is 0 Å². The van der Waals surface area contributed by atoms with Crippen molar-refractivity contribution >= 4 is 0 Å². The zero-order valence-electron chi connectivity index (χ0n) is 8.01. The van der Waals surface area contributed by atoms with Crippen molar-refractivity contribution in [1.82, 2.24) is 4.90 Å². The van der Waals surface area contributed by atoms with Gasteiger partial charge in [-0.3, -0.25) is 0 Å². The standard InChI is InChI=1S/C10H19NO/c1-10(3-4-10)9-11-5-2-7-12-8-6-11/h2-9H2,1H3. The van der Waals surface area contributed by atoms with E-state index in [1.165, 1.54) is 32.4 Å². The Hall–Kier alpha value is -0.0800. The summed E-state index contributed by atoms with van der Waals surface area (Å²) in [5.74, 6) is 0. The molecule has 0 N–H and O–H groups in total. The van der Waals surface area contributed by atoms with Gasteiger partial charge in [-0.15, -0.1) is 0 Å². The average molecular weight is 169 g/mol. The molecule has 2 fully saturated rings. The second-order valence-electron chi connectivity index (χ2n) is 4.55. The molecule has 2 heteroatoms. The first-order valence-corrected chi connectivity index (χ1v) is 5.09. The van der Waals surface area contributed by atoms with E-state index in [4.69, 9.17) is 4.74 Å². The summed E-state index contributed by atoms with van der Waals surface area (Å²) < 4.78 is 5.42. The van der Waals surface area contributed by atoms with Crippen LogP contribution in [0, 0.1) is 5.41 Å². The van der Waals surface area contributed by atoms with Gasteiger partial charge in [0.2, 0.25) is 0 Å². The van der Waals surface area contributed by atoms with E-state index in [1.807, 2.05) is 0 Å². The highest BCUT2D eigenvalue weighted by Crippen LogP contribution is 2.45. The van der Waals surface area contributed by atoms with E-state index in [0.29, 0.717) is 5.41 Å². The van der Waals surface area contributed by atoms with E-state index in [9.17, 15) is 0 Å². The first-order chi connectivity index (χ1) is 5.79. The molecule has 1 aliphatic carbocycles. The lowest BCUT2D eigenvalue weighted by Gasteiger charge is -2.22. The molecule has 2 rings (SSSR count). The van der Waals surface area contributed by atoms with Crippen LogP contribution >= 0.6 is 0 Å². The van der Waals surface area contributed by atoms with Gasteiger partial charge in [-0.1, -0.05) is 6.92 Å². The van der Waals surface area contributed by atoms with Crippen LogP contribution in [0.3, 0.4) is 0 Å². The molecule has 1 saturated carbocycles. The SMILES string of the molecule is CC1(CN2CCCOCC2)CC1. The van der Waals surface area contributed by atoms with Crippen LogP contribution in [0.5, 0.6) is 0 Å². The minimum absolute atomic E-state index is 0.671. The Balaban J connectivity index is 1.77. The molecule has 0 aromatic carbocycles. The summed E-state index contributed by atoms with van der Waals surface area (Å²) in [6.07, 6.45) is 4.09. The van der Waals surface area contributed by atoms with Gasteiger partial charge in [0.25, 0.3) is 0 Å². The van der Waals surface area contributed by atoms with Gasteiger partial charge >= 0.3 is 0 Å². The molecule has 0 spiro atoms. The lowest BCUT2D eigenvalue weighted by atomic mass is 10.1. The molecule has 70 valence electrons. The van der Waals surface area contributed by atoms with Crippen molar-refractivity contribution in [2.24, 2.45) is 5.41 Å². The summed E-state index contributed by atoms with van der Waals surface area (Å²) >= 11 is 0. The van der Waals surface area contributed by atoms with Gasteiger partial charge in [-0.05, 0) is 24.7 Å². The van der Waals surface area contributed by atoms with Gasteiger partial charge < -0.3 is 9.64 Å². The lowest BCUT2D eigenvalue weighted by Crippen LogP contribution is -2.31. The third-order valence-electron chi connectivity index (χ3n) is 3.02. The first kappa shape index (κ1) is 8.52. The molecule has 0 unspecified atom stereocenters. The Morgan fingerprint density at radius 2 is 2.08 bits per heavy atom. The quantitative estimate of drug-likeness (QED) is 0.621. The van der Waals surface area contributed by atoms with Crippen molar-refractivity contribution in [2.45, 2.75) is 26.2 Å². The van der Waals surface area contributed by atoms with Gasteiger partial charge in [0.15, 0.2) is 0 Å². The molecule has 0 bridgehead atoms. The molecule has 2 nitrogen and oxygen atoms in total. The second kappa shape index (κ2) is 3.35. The van der Waals surface area contributed by atoms with E-state index in [0.717, 1.165) is 19.8 Å². The fourth-order valence-corrected chi connectivity index (χ4v) is 1.87. The zero-order chi connectivity index (χ0) is 8.44. The van der Waals surface area contributed by atoms with Crippen LogP contribution in [0.2, 0.25) is 0 Å². The highest BCUT2D eigenvalue weighted by molar-refractivity contribution is 4.91. The lowest BCUT2D eigenvalue weighted by molar-refractivity contribution is 0.138. The highest BCUT2D eigenvalue weighted by atomic mass is 16.5. The predicted octanol–water partition coefficient (Wildman–Crippen LogP) is 1.51. The largest absolute Gasteiger partial charge is 0.380 e. The molecule has 0 aromatic rings. The van der Waals surface area contributed by atoms with E-state index >= 15 is 0 Å². The molecule has 0 radical (unpaired) electrons. The Morgan fingerprint density at radius 1 is 1.25 bits per heavy atom. The number of hydrogen-bond donors (Lipinski definition) is 0. The molecule has 12 heavy (non-hydrogen) atoms. The maximum Gasteiger partial charge on any atom is 0.0593 e. The van der Waals surface area contributed by atoms with Crippen molar-refractivity contribution in [3.05, 3.63) is 0 Å². The van der Waals surface area contributed by atoms with Crippen molar-refractivity contribution in [1.29, 1.82) is 0 Å². The van der Waals surface area contributed by atoms with Gasteiger partial charge in [0, 0.05) is 26.2 Å². The van der Waals surface area contributed by atoms with Gasteiger partial charge in [0.05, 0.1) is 6.61 Å². The maximum absolute atomic E-state index is 5.42. The normalized spacial score (nSPS) is 29.8. The molecular weight excluding hydrogens is 150 g/mol. The summed E-state index contributed by atoms with van der Waals surface area (Å²) in [5.41, 5.74) is 0.671. The first-order valence-electron chi connectivity index (χ1n) is 5.09. The van der Waals surface area contributed by atoms with E-state index < -0.39 is 0 Å². The Morgan fingerprint density at radius 3 is 2.83 bits per heavy atom. The maximum atomic E-state index is 5.42. The molecule has 2 aliphatic rings. The van der Waals surface area contributed by atoms with Crippen molar-refractivity contribution < 1.29 is 4.74 Å². The monoisotopic (exact) mass is 169 g/mol. The summed E-state index contributed by atoms with van der Waals surface area (Å²) in [4.78, 5) is 2.57. The summed E-state index contributed by atoms with van der Waals surface area (Å²) in [6.45, 7) is 8.00. The third-order valence-corrected chi connectivity index (χ3v) is 3.02. The van der Waals surface area contributed by atoms with Crippen LogP contribution < -0.4 is 0 Å². The Labute approximate surface area is 74.9 Å². The summed E-state index contributed by atoms with van der Waals surface area (Å²) in [5, 5.41) is 0. The molecule has 0 aromatic heterocycles. The van der Waals surface area contributed by atoms with Crippen molar-refractivity contribution in [2.75, 3.05) is 32.8 Å². The molecular formula is C10H19NO. The van der Waals surface area contributed by atoms with Crippen LogP contribution in [0.1, 0.15) is 26.2 Å². The van der Waals surface area contributed by atoms with E-state index in [-0.39, 0.29) is 0 Å². The number of ether oxygens (including phenoxy) is 1. The third kappa shape index (κ3) is 2.20. The van der Waals surface area contributed by atoms with E-state index in [2.05, 4.69) is 11.8 Å². The molecule has 1 saturated heterocycles. The molecule has 0 atom stereocenters. The van der Waals surface area contributed by atoms with Crippen molar-refractivity contribution in [3.8, 4) is 0 Å².